The van der Waals surface area contributed by atoms with Crippen molar-refractivity contribution in [3.63, 3.8) is 0 Å². The number of rotatable bonds is 3. The van der Waals surface area contributed by atoms with E-state index in [2.05, 4.69) is 5.32 Å². The molecule has 4 saturated carbocycles. The van der Waals surface area contributed by atoms with Crippen molar-refractivity contribution in [2.75, 3.05) is 13.1 Å². The van der Waals surface area contributed by atoms with Crippen molar-refractivity contribution in [3.8, 4) is 6.07 Å². The van der Waals surface area contributed by atoms with E-state index in [1.54, 1.807) is 0 Å². The van der Waals surface area contributed by atoms with Gasteiger partial charge in [0.2, 0.25) is 5.91 Å². The number of nitrogens with one attached hydrogen (secondary N) is 1. The summed E-state index contributed by atoms with van der Waals surface area (Å²) >= 11 is 0. The minimum Gasteiger partial charge on any atom is -0.390 e. The van der Waals surface area contributed by atoms with Gasteiger partial charge in [-0.1, -0.05) is 0 Å². The van der Waals surface area contributed by atoms with Gasteiger partial charge in [-0.3, -0.25) is 4.79 Å². The smallest absolute Gasteiger partial charge is 0.237 e. The van der Waals surface area contributed by atoms with E-state index in [1.807, 2.05) is 6.07 Å². The molecule has 22 heavy (non-hydrogen) atoms. The first-order valence-electron chi connectivity index (χ1n) is 9.05. The third kappa shape index (κ3) is 2.33. The van der Waals surface area contributed by atoms with E-state index in [0.29, 0.717) is 24.8 Å². The number of aliphatic hydroxyl groups is 1. The Kier molecular flexibility index (Phi) is 2.99. The van der Waals surface area contributed by atoms with E-state index in [-0.39, 0.29) is 18.0 Å². The summed E-state index contributed by atoms with van der Waals surface area (Å²) in [5, 5.41) is 23.4. The molecular weight excluding hydrogens is 278 g/mol. The standard InChI is InChI=1S/C17H25N3O2/c18-9-14-2-1-3-20(14)15(21)10-19-16-5-12-4-13(6-16)8-17(22,7-12)11-16/h12-14,19,22H,1-8,10-11H2/t12-,13+,14-,16?,17?/m0/s1/i14D. The van der Waals surface area contributed by atoms with Crippen molar-refractivity contribution in [3.05, 3.63) is 0 Å². The van der Waals surface area contributed by atoms with E-state index in [0.717, 1.165) is 38.5 Å². The summed E-state index contributed by atoms with van der Waals surface area (Å²) in [5.41, 5.74) is -0.662. The van der Waals surface area contributed by atoms with Gasteiger partial charge in [0, 0.05) is 12.1 Å². The molecule has 1 heterocycles. The Morgan fingerprint density at radius 2 is 2.14 bits per heavy atom. The van der Waals surface area contributed by atoms with Crippen LogP contribution < -0.4 is 5.32 Å². The zero-order valence-electron chi connectivity index (χ0n) is 14.0. The third-order valence-corrected chi connectivity index (χ3v) is 6.20. The predicted octanol–water partition coefficient (Wildman–Crippen LogP) is 1.17. The lowest BCUT2D eigenvalue weighted by molar-refractivity contribution is -0.147. The average molecular weight is 304 g/mol. The summed E-state index contributed by atoms with van der Waals surface area (Å²) in [6, 6.07) is 0.585. The molecule has 1 amide bonds. The van der Waals surface area contributed by atoms with Gasteiger partial charge >= 0.3 is 0 Å². The molecule has 5 rings (SSSR count). The second kappa shape index (κ2) is 4.94. The molecule has 5 heteroatoms. The molecule has 4 bridgehead atoms. The maximum absolute atomic E-state index is 12.5. The summed E-state index contributed by atoms with van der Waals surface area (Å²) in [6.45, 7) is 0.678. The van der Waals surface area contributed by atoms with Gasteiger partial charge in [-0.05, 0) is 63.2 Å². The Balaban J connectivity index is 1.43. The van der Waals surface area contributed by atoms with E-state index < -0.39 is 11.6 Å². The van der Waals surface area contributed by atoms with E-state index in [9.17, 15) is 15.2 Å². The molecule has 1 saturated heterocycles. The number of carbonyl (C=O) groups excluding carboxylic acids is 1. The molecular formula is C17H25N3O2. The maximum Gasteiger partial charge on any atom is 0.237 e. The predicted molar refractivity (Wildman–Crippen MR) is 80.7 cm³/mol. The molecule has 5 fully saturated rings. The van der Waals surface area contributed by atoms with Gasteiger partial charge in [-0.15, -0.1) is 0 Å². The van der Waals surface area contributed by atoms with Gasteiger partial charge in [0.25, 0.3) is 0 Å². The molecule has 5 aliphatic rings. The van der Waals surface area contributed by atoms with Crippen molar-refractivity contribution in [1.29, 1.82) is 5.26 Å². The molecule has 2 unspecified atom stereocenters. The minimum atomic E-state index is -1.39. The van der Waals surface area contributed by atoms with Crippen LogP contribution in [0.5, 0.6) is 0 Å². The zero-order chi connectivity index (χ0) is 16.3. The second-order valence-corrected chi connectivity index (χ2v) is 8.03. The summed E-state index contributed by atoms with van der Waals surface area (Å²) < 4.78 is 8.12. The maximum atomic E-state index is 12.5. The molecule has 120 valence electrons. The number of nitrogens with zero attached hydrogens (tertiary/aromatic N) is 2. The lowest BCUT2D eigenvalue weighted by atomic mass is 9.51. The molecule has 5 nitrogen and oxygen atoms in total. The Morgan fingerprint density at radius 1 is 1.41 bits per heavy atom. The van der Waals surface area contributed by atoms with Crippen LogP contribution >= 0.6 is 0 Å². The first-order chi connectivity index (χ1) is 10.9. The van der Waals surface area contributed by atoms with Crippen LogP contribution in [0.15, 0.2) is 0 Å². The fourth-order valence-electron chi connectivity index (χ4n) is 5.85. The van der Waals surface area contributed by atoms with Gasteiger partial charge in [-0.2, -0.15) is 5.26 Å². The largest absolute Gasteiger partial charge is 0.390 e. The molecule has 0 radical (unpaired) electrons. The fourth-order valence-corrected chi connectivity index (χ4v) is 5.85. The number of carbonyl (C=O) groups is 1. The molecule has 1 aliphatic heterocycles. The van der Waals surface area contributed by atoms with Crippen LogP contribution in [0.1, 0.15) is 52.7 Å². The lowest BCUT2D eigenvalue weighted by Crippen LogP contribution is -2.65. The Bertz CT molecular complexity index is 561. The van der Waals surface area contributed by atoms with Crippen LogP contribution in [0.2, 0.25) is 0 Å². The number of hydrogen-bond acceptors (Lipinski definition) is 4. The molecule has 0 spiro atoms. The summed E-state index contributed by atoms with van der Waals surface area (Å²) in [5.74, 6) is 0.997. The van der Waals surface area contributed by atoms with Gasteiger partial charge in [0.15, 0.2) is 0 Å². The molecule has 0 aromatic heterocycles. The monoisotopic (exact) mass is 304 g/mol. The zero-order valence-corrected chi connectivity index (χ0v) is 13.0. The number of nitriles is 1. The summed E-state index contributed by atoms with van der Waals surface area (Å²) in [7, 11) is 0. The Morgan fingerprint density at radius 3 is 2.77 bits per heavy atom. The quantitative estimate of drug-likeness (QED) is 0.821. The number of hydrogen-bond donors (Lipinski definition) is 2. The highest BCUT2D eigenvalue weighted by Crippen LogP contribution is 2.57. The van der Waals surface area contributed by atoms with Crippen LogP contribution in [0.4, 0.5) is 0 Å². The van der Waals surface area contributed by atoms with Gasteiger partial charge in [0.05, 0.1) is 19.6 Å². The number of likely N-dealkylation sites (tertiary alicyclic amines) is 1. The van der Waals surface area contributed by atoms with Crippen LogP contribution in [-0.4, -0.2) is 46.2 Å². The fraction of sp³-hybridized carbons (Fsp3) is 0.882. The first-order valence-corrected chi connectivity index (χ1v) is 8.55. The molecule has 2 N–H and O–H groups in total. The normalized spacial score (nSPS) is 50.0. The average Bonchev–Trinajstić information content (AvgIpc) is 2.85. The van der Waals surface area contributed by atoms with Crippen LogP contribution in [-0.2, 0) is 4.79 Å². The molecule has 0 aromatic carbocycles. The third-order valence-electron chi connectivity index (χ3n) is 6.20. The summed E-state index contributed by atoms with van der Waals surface area (Å²) in [4.78, 5) is 13.9. The van der Waals surface area contributed by atoms with Crippen LogP contribution in [0, 0.1) is 23.2 Å². The SMILES string of the molecule is [2H][C@@]1(C#N)CCCN1C(=O)CNC12C[C@@H]3C[C@@H](CC(O)(C3)C1)C2. The highest BCUT2D eigenvalue weighted by atomic mass is 16.3. The molecule has 0 aromatic rings. The van der Waals surface area contributed by atoms with Gasteiger partial charge in [0.1, 0.15) is 6.02 Å². The van der Waals surface area contributed by atoms with Crippen molar-refractivity contribution in [1.82, 2.24) is 10.2 Å². The molecule has 4 aliphatic carbocycles. The lowest BCUT2D eigenvalue weighted by Gasteiger charge is -2.60. The van der Waals surface area contributed by atoms with Gasteiger partial charge < -0.3 is 15.3 Å². The highest BCUT2D eigenvalue weighted by Gasteiger charge is 2.57. The first kappa shape index (κ1) is 13.3. The van der Waals surface area contributed by atoms with E-state index >= 15 is 0 Å². The van der Waals surface area contributed by atoms with Crippen LogP contribution in [0.25, 0.3) is 0 Å². The van der Waals surface area contributed by atoms with Gasteiger partial charge in [-0.25, -0.2) is 0 Å². The van der Waals surface area contributed by atoms with Crippen molar-refractivity contribution in [2.45, 2.75) is 68.5 Å². The second-order valence-electron chi connectivity index (χ2n) is 8.03. The highest BCUT2D eigenvalue weighted by molar-refractivity contribution is 5.79. The molecule has 5 atom stereocenters. The minimum absolute atomic E-state index is 0.119. The van der Waals surface area contributed by atoms with Crippen LogP contribution in [0.3, 0.4) is 0 Å². The van der Waals surface area contributed by atoms with Crippen molar-refractivity contribution in [2.24, 2.45) is 11.8 Å². The Hall–Kier alpha value is -1.12. The summed E-state index contributed by atoms with van der Waals surface area (Å²) in [6.07, 6.45) is 7.03. The Labute approximate surface area is 133 Å². The topological polar surface area (TPSA) is 76.4 Å². The van der Waals surface area contributed by atoms with E-state index in [4.69, 9.17) is 1.37 Å². The van der Waals surface area contributed by atoms with Crippen molar-refractivity contribution >= 4 is 5.91 Å². The van der Waals surface area contributed by atoms with Crippen molar-refractivity contribution < 1.29 is 11.3 Å². The number of amides is 1. The van der Waals surface area contributed by atoms with E-state index in [1.165, 1.54) is 11.3 Å².